The largest absolute Gasteiger partial charge is 0.450 e. The van der Waals surface area contributed by atoms with Gasteiger partial charge in [0.05, 0.1) is 23.8 Å². The number of hydrogen-bond acceptors (Lipinski definition) is 7. The molecule has 2 N–H and O–H groups in total. The Labute approximate surface area is 174 Å². The number of rotatable bonds is 4. The van der Waals surface area contributed by atoms with Crippen LogP contribution in [0.25, 0.3) is 5.69 Å². The molecule has 1 aromatic heterocycles. The van der Waals surface area contributed by atoms with E-state index in [4.69, 9.17) is 23.2 Å². The first-order valence-electron chi connectivity index (χ1n) is 8.14. The van der Waals surface area contributed by atoms with Crippen molar-refractivity contribution in [1.29, 1.82) is 5.26 Å². The third kappa shape index (κ3) is 4.64. The average molecular weight is 440 g/mol. The molecule has 2 aromatic rings. The van der Waals surface area contributed by atoms with Crippen LogP contribution in [0.4, 0.5) is 4.79 Å². The Hall–Kier alpha value is -3.16. The van der Waals surface area contributed by atoms with Gasteiger partial charge in [-0.05, 0) is 32.9 Å². The molecule has 0 fully saturated rings. The predicted molar refractivity (Wildman–Crippen MR) is 104 cm³/mol. The fraction of sp³-hybridized carbons (Fsp3) is 0.294. The van der Waals surface area contributed by atoms with Crippen molar-refractivity contribution in [2.75, 3.05) is 6.61 Å². The molecule has 2 rings (SSSR count). The minimum absolute atomic E-state index is 0.00475. The summed E-state index contributed by atoms with van der Waals surface area (Å²) in [5.74, 6) is -1.17. The molecular formula is C17H15Cl2N5O5. The highest BCUT2D eigenvalue weighted by Gasteiger charge is 2.27. The van der Waals surface area contributed by atoms with Crippen LogP contribution in [0.15, 0.2) is 21.7 Å². The number of ether oxygens (including phenoxy) is 1. The molecule has 0 aliphatic carbocycles. The summed E-state index contributed by atoms with van der Waals surface area (Å²) in [6, 6.07) is 4.69. The molecule has 0 radical (unpaired) electrons. The minimum atomic E-state index is -1.17. The van der Waals surface area contributed by atoms with Crippen LogP contribution in [0.2, 0.25) is 10.0 Å². The number of aromatic nitrogens is 3. The van der Waals surface area contributed by atoms with Crippen LogP contribution in [0.3, 0.4) is 0 Å². The molecule has 152 valence electrons. The van der Waals surface area contributed by atoms with Gasteiger partial charge in [0.2, 0.25) is 5.69 Å². The van der Waals surface area contributed by atoms with Gasteiger partial charge < -0.3 is 4.74 Å². The smallest absolute Gasteiger partial charge is 0.414 e. The molecule has 12 heteroatoms. The van der Waals surface area contributed by atoms with Gasteiger partial charge >= 0.3 is 11.8 Å². The van der Waals surface area contributed by atoms with Crippen molar-refractivity contribution in [2.45, 2.75) is 26.2 Å². The van der Waals surface area contributed by atoms with Crippen LogP contribution in [-0.4, -0.2) is 33.4 Å². The van der Waals surface area contributed by atoms with Crippen molar-refractivity contribution >= 4 is 35.2 Å². The first-order valence-corrected chi connectivity index (χ1v) is 8.90. The highest BCUT2D eigenvalue weighted by atomic mass is 35.5. The molecule has 0 saturated carbocycles. The second-order valence-electron chi connectivity index (χ2n) is 6.22. The van der Waals surface area contributed by atoms with Gasteiger partial charge in [-0.15, -0.1) is 0 Å². The van der Waals surface area contributed by atoms with Gasteiger partial charge in [-0.3, -0.25) is 19.9 Å². The molecule has 0 atom stereocenters. The summed E-state index contributed by atoms with van der Waals surface area (Å²) < 4.78 is 5.24. The third-order valence-electron chi connectivity index (χ3n) is 3.71. The number of aromatic amines is 1. The predicted octanol–water partition coefficient (Wildman–Crippen LogP) is 1.92. The lowest BCUT2D eigenvalue weighted by Crippen LogP contribution is -2.41. The molecule has 29 heavy (non-hydrogen) atoms. The molecular weight excluding hydrogens is 425 g/mol. The number of hydrogen-bond donors (Lipinski definition) is 2. The second kappa shape index (κ2) is 8.46. The number of halogens is 2. The normalized spacial score (nSPS) is 10.9. The number of nitriles is 1. The summed E-state index contributed by atoms with van der Waals surface area (Å²) in [5, 5.41) is 15.0. The summed E-state index contributed by atoms with van der Waals surface area (Å²) in [7, 11) is 0. The first kappa shape index (κ1) is 22.1. The fourth-order valence-electron chi connectivity index (χ4n) is 2.38. The Kier molecular flexibility index (Phi) is 6.46. The highest BCUT2D eigenvalue weighted by molar-refractivity contribution is 6.36. The quantitative estimate of drug-likeness (QED) is 0.738. The Balaban J connectivity index is 2.58. The molecule has 0 aliphatic heterocycles. The average Bonchev–Trinajstić information content (AvgIpc) is 2.60. The summed E-state index contributed by atoms with van der Waals surface area (Å²) in [6.07, 6.45) is -1.08. The number of carbonyl (C=O) groups excluding carboxylic acids is 2. The lowest BCUT2D eigenvalue weighted by molar-refractivity contribution is 0.0916. The number of benzene rings is 1. The Morgan fingerprint density at radius 2 is 1.90 bits per heavy atom. The van der Waals surface area contributed by atoms with Gasteiger partial charge in [-0.1, -0.05) is 23.2 Å². The van der Waals surface area contributed by atoms with Crippen molar-refractivity contribution in [3.05, 3.63) is 54.3 Å². The maximum Gasteiger partial charge on any atom is 0.414 e. The number of amides is 2. The van der Waals surface area contributed by atoms with Gasteiger partial charge in [0, 0.05) is 15.6 Å². The summed E-state index contributed by atoms with van der Waals surface area (Å²) >= 11 is 12.5. The van der Waals surface area contributed by atoms with Crippen LogP contribution < -0.4 is 16.6 Å². The first-order chi connectivity index (χ1) is 13.5. The zero-order chi connectivity index (χ0) is 21.9. The van der Waals surface area contributed by atoms with E-state index in [2.05, 4.69) is 15.9 Å². The SMILES string of the molecule is CCOC(=O)NC(=O)c1nn(-c2cc(Cl)c(C(C)(C)C#N)c(Cl)c2)c(=O)[nH]c1=O. The van der Waals surface area contributed by atoms with Gasteiger partial charge in [-0.2, -0.15) is 15.0 Å². The zero-order valence-electron chi connectivity index (χ0n) is 15.5. The van der Waals surface area contributed by atoms with Gasteiger partial charge in [0.25, 0.3) is 11.5 Å². The maximum absolute atomic E-state index is 12.2. The van der Waals surface area contributed by atoms with Crippen molar-refractivity contribution < 1.29 is 14.3 Å². The van der Waals surface area contributed by atoms with E-state index in [-0.39, 0.29) is 22.3 Å². The van der Waals surface area contributed by atoms with Crippen LogP contribution in [0, 0.1) is 11.3 Å². The number of imide groups is 1. The van der Waals surface area contributed by atoms with E-state index >= 15 is 0 Å². The molecule has 2 amide bonds. The Morgan fingerprint density at radius 1 is 1.31 bits per heavy atom. The van der Waals surface area contributed by atoms with Crippen LogP contribution >= 0.6 is 23.2 Å². The zero-order valence-corrected chi connectivity index (χ0v) is 17.0. The van der Waals surface area contributed by atoms with Crippen molar-refractivity contribution in [3.8, 4) is 11.8 Å². The van der Waals surface area contributed by atoms with E-state index in [1.54, 1.807) is 13.8 Å². The summed E-state index contributed by atoms with van der Waals surface area (Å²) in [5.41, 5.74) is -3.48. The molecule has 0 aliphatic rings. The van der Waals surface area contributed by atoms with Crippen molar-refractivity contribution in [3.63, 3.8) is 0 Å². The molecule has 10 nitrogen and oxygen atoms in total. The Bertz CT molecular complexity index is 1120. The van der Waals surface area contributed by atoms with Gasteiger partial charge in [-0.25, -0.2) is 9.59 Å². The lowest BCUT2D eigenvalue weighted by Gasteiger charge is -2.20. The number of nitrogens with zero attached hydrogens (tertiary/aromatic N) is 3. The minimum Gasteiger partial charge on any atom is -0.450 e. The van der Waals surface area contributed by atoms with Crippen LogP contribution in [-0.2, 0) is 10.2 Å². The molecule has 0 unspecified atom stereocenters. The van der Waals surface area contributed by atoms with Crippen LogP contribution in [0.1, 0.15) is 36.8 Å². The number of carbonyl (C=O) groups is 2. The molecule has 1 aromatic carbocycles. The number of H-pyrrole nitrogens is 1. The molecule has 0 spiro atoms. The third-order valence-corrected chi connectivity index (χ3v) is 4.31. The lowest BCUT2D eigenvalue weighted by atomic mass is 9.86. The van der Waals surface area contributed by atoms with Crippen molar-refractivity contribution in [1.82, 2.24) is 20.1 Å². The second-order valence-corrected chi connectivity index (χ2v) is 7.03. The van der Waals surface area contributed by atoms with E-state index in [0.29, 0.717) is 10.2 Å². The van der Waals surface area contributed by atoms with E-state index in [1.165, 1.54) is 19.1 Å². The molecule has 0 saturated heterocycles. The molecule has 0 bridgehead atoms. The monoisotopic (exact) mass is 439 g/mol. The molecule has 1 heterocycles. The number of nitrogens with one attached hydrogen (secondary N) is 2. The maximum atomic E-state index is 12.2. The topological polar surface area (TPSA) is 147 Å². The summed E-state index contributed by atoms with van der Waals surface area (Å²) in [6.45, 7) is 4.76. The van der Waals surface area contributed by atoms with Gasteiger partial charge in [0.1, 0.15) is 0 Å². The van der Waals surface area contributed by atoms with E-state index in [0.717, 1.165) is 0 Å². The standard InChI is InChI=1S/C17H15Cl2N5O5/c1-4-29-16(28)22-14(26)12-13(25)21-15(27)24(23-12)8-5-9(18)11(10(19)6-8)17(2,3)7-20/h5-6H,4H2,1-3H3,(H,21,25,27)(H,22,26,28). The van der Waals surface area contributed by atoms with E-state index in [1.807, 2.05) is 10.3 Å². The van der Waals surface area contributed by atoms with Gasteiger partial charge in [0.15, 0.2) is 0 Å². The fourth-order valence-corrected chi connectivity index (χ4v) is 3.33. The van der Waals surface area contributed by atoms with Crippen LogP contribution in [0.5, 0.6) is 0 Å². The number of alkyl carbamates (subject to hydrolysis) is 1. The Morgan fingerprint density at radius 3 is 2.41 bits per heavy atom. The summed E-state index contributed by atoms with van der Waals surface area (Å²) in [4.78, 5) is 49.5. The van der Waals surface area contributed by atoms with Crippen molar-refractivity contribution in [2.24, 2.45) is 0 Å². The van der Waals surface area contributed by atoms with E-state index < -0.39 is 34.4 Å². The van der Waals surface area contributed by atoms with E-state index in [9.17, 15) is 24.4 Å². The highest BCUT2D eigenvalue weighted by Crippen LogP contribution is 2.36.